The van der Waals surface area contributed by atoms with Crippen molar-refractivity contribution in [3.63, 3.8) is 0 Å². The van der Waals surface area contributed by atoms with E-state index in [1.807, 2.05) is 30.3 Å². The molecule has 21 heavy (non-hydrogen) atoms. The first-order chi connectivity index (χ1) is 10.3. The van der Waals surface area contributed by atoms with Crippen molar-refractivity contribution in [2.75, 3.05) is 7.11 Å². The molecule has 2 aromatic heterocycles. The number of rotatable bonds is 4. The van der Waals surface area contributed by atoms with E-state index >= 15 is 0 Å². The molecule has 0 fully saturated rings. The van der Waals surface area contributed by atoms with Gasteiger partial charge in [-0.15, -0.1) is 0 Å². The van der Waals surface area contributed by atoms with E-state index in [0.717, 1.165) is 10.9 Å². The van der Waals surface area contributed by atoms with Crippen LogP contribution in [0, 0.1) is 0 Å². The fourth-order valence-corrected chi connectivity index (χ4v) is 2.01. The number of aromatic nitrogens is 1. The molecule has 3 rings (SSSR count). The molecule has 106 valence electrons. The molecular formula is C16H13NO4. The SMILES string of the molecule is COC(=O)c1ncc2ccoc2c1OCc1ccccc1. The van der Waals surface area contributed by atoms with Crippen LogP contribution in [0.2, 0.25) is 0 Å². The molecular weight excluding hydrogens is 270 g/mol. The number of esters is 1. The van der Waals surface area contributed by atoms with Gasteiger partial charge in [-0.2, -0.15) is 0 Å². The summed E-state index contributed by atoms with van der Waals surface area (Å²) in [6.07, 6.45) is 3.09. The van der Waals surface area contributed by atoms with E-state index < -0.39 is 5.97 Å². The molecule has 0 unspecified atom stereocenters. The Bertz CT molecular complexity index is 764. The second kappa shape index (κ2) is 5.66. The van der Waals surface area contributed by atoms with E-state index in [4.69, 9.17) is 13.9 Å². The number of carbonyl (C=O) groups is 1. The van der Waals surface area contributed by atoms with Gasteiger partial charge in [0.2, 0.25) is 0 Å². The van der Waals surface area contributed by atoms with Crippen molar-refractivity contribution in [3.8, 4) is 5.75 Å². The van der Waals surface area contributed by atoms with Gasteiger partial charge < -0.3 is 13.9 Å². The molecule has 5 nitrogen and oxygen atoms in total. The minimum atomic E-state index is -0.559. The Morgan fingerprint density at radius 2 is 2.05 bits per heavy atom. The average molecular weight is 283 g/mol. The van der Waals surface area contributed by atoms with Crippen LogP contribution in [-0.2, 0) is 11.3 Å². The van der Waals surface area contributed by atoms with Crippen molar-refractivity contribution in [1.82, 2.24) is 4.98 Å². The number of methoxy groups -OCH3 is 1. The summed E-state index contributed by atoms with van der Waals surface area (Å²) in [7, 11) is 1.30. The molecule has 0 amide bonds. The predicted molar refractivity (Wildman–Crippen MR) is 76.1 cm³/mol. The van der Waals surface area contributed by atoms with E-state index in [2.05, 4.69) is 4.98 Å². The van der Waals surface area contributed by atoms with Gasteiger partial charge in [0, 0.05) is 11.6 Å². The Morgan fingerprint density at radius 1 is 1.24 bits per heavy atom. The highest BCUT2D eigenvalue weighted by Crippen LogP contribution is 2.30. The highest BCUT2D eigenvalue weighted by atomic mass is 16.5. The third-order valence-electron chi connectivity index (χ3n) is 3.05. The van der Waals surface area contributed by atoms with Gasteiger partial charge in [-0.3, -0.25) is 0 Å². The summed E-state index contributed by atoms with van der Waals surface area (Å²) in [5.74, 6) is -0.260. The van der Waals surface area contributed by atoms with E-state index in [1.54, 1.807) is 12.3 Å². The molecule has 0 radical (unpaired) electrons. The lowest BCUT2D eigenvalue weighted by Crippen LogP contribution is -2.08. The monoisotopic (exact) mass is 283 g/mol. The lowest BCUT2D eigenvalue weighted by Gasteiger charge is -2.10. The maximum atomic E-state index is 11.8. The number of nitrogens with zero attached hydrogens (tertiary/aromatic N) is 1. The standard InChI is InChI=1S/C16H13NO4/c1-19-16(18)13-15(14-12(9-17-13)7-8-20-14)21-10-11-5-3-2-4-6-11/h2-9H,10H2,1H3. The fraction of sp³-hybridized carbons (Fsp3) is 0.125. The van der Waals surface area contributed by atoms with E-state index in [0.29, 0.717) is 17.9 Å². The minimum absolute atomic E-state index is 0.107. The second-order valence-electron chi connectivity index (χ2n) is 4.41. The van der Waals surface area contributed by atoms with Crippen LogP contribution in [0.25, 0.3) is 11.0 Å². The summed E-state index contributed by atoms with van der Waals surface area (Å²) in [6.45, 7) is 0.312. The molecule has 0 saturated heterocycles. The van der Waals surface area contributed by atoms with Crippen molar-refractivity contribution in [2.45, 2.75) is 6.61 Å². The third-order valence-corrected chi connectivity index (χ3v) is 3.05. The van der Waals surface area contributed by atoms with E-state index in [9.17, 15) is 4.79 Å². The van der Waals surface area contributed by atoms with Gasteiger partial charge >= 0.3 is 5.97 Å². The van der Waals surface area contributed by atoms with Crippen molar-refractivity contribution in [3.05, 3.63) is 60.1 Å². The highest BCUT2D eigenvalue weighted by Gasteiger charge is 2.20. The second-order valence-corrected chi connectivity index (χ2v) is 4.41. The molecule has 0 spiro atoms. The van der Waals surface area contributed by atoms with Gasteiger partial charge in [0.15, 0.2) is 17.0 Å². The maximum Gasteiger partial charge on any atom is 0.360 e. The number of fused-ring (bicyclic) bond motifs is 1. The number of pyridine rings is 1. The molecule has 5 heteroatoms. The quantitative estimate of drug-likeness (QED) is 0.688. The number of benzene rings is 1. The zero-order valence-corrected chi connectivity index (χ0v) is 11.4. The van der Waals surface area contributed by atoms with Gasteiger partial charge in [-0.05, 0) is 11.6 Å². The summed E-state index contributed by atoms with van der Waals surface area (Å²) in [5, 5.41) is 0.769. The summed E-state index contributed by atoms with van der Waals surface area (Å²) in [4.78, 5) is 15.9. The predicted octanol–water partition coefficient (Wildman–Crippen LogP) is 3.19. The molecule has 1 aromatic carbocycles. The molecule has 0 saturated carbocycles. The molecule has 0 atom stereocenters. The van der Waals surface area contributed by atoms with Crippen LogP contribution in [0.1, 0.15) is 16.1 Å². The van der Waals surface area contributed by atoms with Gasteiger partial charge in [-0.1, -0.05) is 30.3 Å². The molecule has 0 bridgehead atoms. The molecule has 3 aromatic rings. The number of carbonyl (C=O) groups excluding carboxylic acids is 1. The van der Waals surface area contributed by atoms with Crippen LogP contribution in [0.5, 0.6) is 5.75 Å². The van der Waals surface area contributed by atoms with Crippen LogP contribution in [-0.4, -0.2) is 18.1 Å². The maximum absolute atomic E-state index is 11.8. The molecule has 0 aliphatic heterocycles. The number of hydrogen-bond acceptors (Lipinski definition) is 5. The van der Waals surface area contributed by atoms with E-state index in [-0.39, 0.29) is 5.69 Å². The molecule has 0 N–H and O–H groups in total. The smallest absolute Gasteiger partial charge is 0.360 e. The normalized spacial score (nSPS) is 10.5. The molecule has 2 heterocycles. The lowest BCUT2D eigenvalue weighted by atomic mass is 10.2. The summed E-state index contributed by atoms with van der Waals surface area (Å²) in [6, 6.07) is 11.4. The van der Waals surface area contributed by atoms with Crippen molar-refractivity contribution in [1.29, 1.82) is 0 Å². The van der Waals surface area contributed by atoms with Crippen LogP contribution >= 0.6 is 0 Å². The Labute approximate surface area is 121 Å². The molecule has 0 aliphatic rings. The fourth-order valence-electron chi connectivity index (χ4n) is 2.01. The minimum Gasteiger partial charge on any atom is -0.483 e. The largest absolute Gasteiger partial charge is 0.483 e. The van der Waals surface area contributed by atoms with Crippen molar-refractivity contribution in [2.24, 2.45) is 0 Å². The molecule has 0 aliphatic carbocycles. The average Bonchev–Trinajstić information content (AvgIpc) is 3.01. The van der Waals surface area contributed by atoms with Gasteiger partial charge in [0.05, 0.1) is 13.4 Å². The summed E-state index contributed by atoms with van der Waals surface area (Å²) >= 11 is 0. The van der Waals surface area contributed by atoms with E-state index in [1.165, 1.54) is 13.4 Å². The first-order valence-corrected chi connectivity index (χ1v) is 6.41. The van der Waals surface area contributed by atoms with Gasteiger partial charge in [-0.25, -0.2) is 9.78 Å². The Balaban J connectivity index is 1.98. The van der Waals surface area contributed by atoms with Gasteiger partial charge in [0.25, 0.3) is 0 Å². The zero-order valence-electron chi connectivity index (χ0n) is 11.4. The van der Waals surface area contributed by atoms with Gasteiger partial charge in [0.1, 0.15) is 6.61 Å². The third kappa shape index (κ3) is 2.58. The number of ether oxygens (including phenoxy) is 2. The van der Waals surface area contributed by atoms with Crippen molar-refractivity contribution >= 4 is 16.9 Å². The number of hydrogen-bond donors (Lipinski definition) is 0. The summed E-state index contributed by atoms with van der Waals surface area (Å²) < 4.78 is 15.9. The zero-order chi connectivity index (χ0) is 14.7. The number of furan rings is 1. The first kappa shape index (κ1) is 13.2. The lowest BCUT2D eigenvalue weighted by molar-refractivity contribution is 0.0588. The van der Waals surface area contributed by atoms with Crippen LogP contribution < -0.4 is 4.74 Å². The van der Waals surface area contributed by atoms with Crippen molar-refractivity contribution < 1.29 is 18.7 Å². The first-order valence-electron chi connectivity index (χ1n) is 6.41. The summed E-state index contributed by atoms with van der Waals surface area (Å²) in [5.41, 5.74) is 1.58. The highest BCUT2D eigenvalue weighted by molar-refractivity contribution is 5.96. The van der Waals surface area contributed by atoms with Crippen LogP contribution in [0.3, 0.4) is 0 Å². The Hall–Kier alpha value is -2.82. The Morgan fingerprint density at radius 3 is 2.81 bits per heavy atom. The van der Waals surface area contributed by atoms with Crippen LogP contribution in [0.15, 0.2) is 53.3 Å². The topological polar surface area (TPSA) is 61.6 Å². The van der Waals surface area contributed by atoms with Crippen LogP contribution in [0.4, 0.5) is 0 Å². The Kier molecular flexibility index (Phi) is 3.55.